The molecule has 0 unspecified atom stereocenters. The molecule has 0 bridgehead atoms. The number of nitrogens with one attached hydrogen (secondary N) is 1. The molecule has 1 rings (SSSR count). The topological polar surface area (TPSA) is 74.9 Å². The molecular formula is C10H11N3O2. The van der Waals surface area contributed by atoms with Crippen LogP contribution in [0, 0.1) is 18.3 Å². The quantitative estimate of drug-likeness (QED) is 0.694. The van der Waals surface area contributed by atoms with Crippen LogP contribution in [0.3, 0.4) is 0 Å². The second kappa shape index (κ2) is 4.96. The van der Waals surface area contributed by atoms with Crippen molar-refractivity contribution in [1.29, 1.82) is 5.26 Å². The van der Waals surface area contributed by atoms with Gasteiger partial charge in [-0.3, -0.25) is 9.59 Å². The van der Waals surface area contributed by atoms with Crippen LogP contribution in [-0.4, -0.2) is 17.0 Å². The van der Waals surface area contributed by atoms with Crippen molar-refractivity contribution in [2.75, 3.05) is 6.54 Å². The van der Waals surface area contributed by atoms with Crippen LogP contribution >= 0.6 is 0 Å². The van der Waals surface area contributed by atoms with E-state index in [-0.39, 0.29) is 24.6 Å². The maximum Gasteiger partial charge on any atom is 0.251 e. The van der Waals surface area contributed by atoms with Gasteiger partial charge in [0.15, 0.2) is 0 Å². The Morgan fingerprint density at radius 2 is 2.40 bits per heavy atom. The number of nitriles is 1. The number of pyridine rings is 1. The molecule has 1 aromatic rings. The normalized spacial score (nSPS) is 9.33. The van der Waals surface area contributed by atoms with Gasteiger partial charge in [0.25, 0.3) is 5.56 Å². The highest BCUT2D eigenvalue weighted by atomic mass is 16.2. The van der Waals surface area contributed by atoms with Crippen molar-refractivity contribution in [3.63, 3.8) is 0 Å². The summed E-state index contributed by atoms with van der Waals surface area (Å²) in [7, 11) is 0. The molecule has 5 nitrogen and oxygen atoms in total. The first-order valence-corrected chi connectivity index (χ1v) is 4.44. The van der Waals surface area contributed by atoms with Crippen LogP contribution in [-0.2, 0) is 11.3 Å². The molecule has 0 aliphatic carbocycles. The summed E-state index contributed by atoms with van der Waals surface area (Å²) in [6.45, 7) is 1.71. The Labute approximate surface area is 87.0 Å². The van der Waals surface area contributed by atoms with Crippen molar-refractivity contribution in [2.24, 2.45) is 0 Å². The second-order valence-electron chi connectivity index (χ2n) is 3.11. The SMILES string of the molecule is Cc1ccn(CC(=O)NCC#N)c(=O)c1. The van der Waals surface area contributed by atoms with E-state index >= 15 is 0 Å². The molecule has 0 atom stereocenters. The van der Waals surface area contributed by atoms with Gasteiger partial charge in [-0.25, -0.2) is 0 Å². The van der Waals surface area contributed by atoms with E-state index in [9.17, 15) is 9.59 Å². The zero-order valence-electron chi connectivity index (χ0n) is 8.36. The molecular weight excluding hydrogens is 194 g/mol. The summed E-state index contributed by atoms with van der Waals surface area (Å²) in [5.41, 5.74) is 0.635. The lowest BCUT2D eigenvalue weighted by Gasteiger charge is -2.04. The Bertz CT molecular complexity index is 456. The van der Waals surface area contributed by atoms with Crippen molar-refractivity contribution in [3.05, 3.63) is 34.2 Å². The monoisotopic (exact) mass is 205 g/mol. The van der Waals surface area contributed by atoms with Crippen LogP contribution in [0.1, 0.15) is 5.56 Å². The number of aromatic nitrogens is 1. The molecule has 78 valence electrons. The van der Waals surface area contributed by atoms with E-state index in [2.05, 4.69) is 5.32 Å². The molecule has 0 saturated heterocycles. The number of rotatable bonds is 3. The van der Waals surface area contributed by atoms with Gasteiger partial charge >= 0.3 is 0 Å². The molecule has 1 amide bonds. The fourth-order valence-electron chi connectivity index (χ4n) is 1.09. The van der Waals surface area contributed by atoms with Crippen LogP contribution in [0.4, 0.5) is 0 Å². The Morgan fingerprint density at radius 1 is 1.67 bits per heavy atom. The van der Waals surface area contributed by atoms with E-state index in [0.717, 1.165) is 5.56 Å². The summed E-state index contributed by atoms with van der Waals surface area (Å²) in [6, 6.07) is 4.99. The van der Waals surface area contributed by atoms with Crippen molar-refractivity contribution in [1.82, 2.24) is 9.88 Å². The molecule has 0 saturated carbocycles. The van der Waals surface area contributed by atoms with Crippen LogP contribution in [0.2, 0.25) is 0 Å². The highest BCUT2D eigenvalue weighted by molar-refractivity contribution is 5.75. The number of aryl methyl sites for hydroxylation is 1. The third-order valence-corrected chi connectivity index (χ3v) is 1.83. The summed E-state index contributed by atoms with van der Waals surface area (Å²) in [4.78, 5) is 22.6. The molecule has 0 aliphatic heterocycles. The van der Waals surface area contributed by atoms with Gasteiger partial charge in [0.2, 0.25) is 5.91 Å². The summed E-state index contributed by atoms with van der Waals surface area (Å²) < 4.78 is 1.29. The fourth-order valence-corrected chi connectivity index (χ4v) is 1.09. The Morgan fingerprint density at radius 3 is 3.00 bits per heavy atom. The highest BCUT2D eigenvalue weighted by Crippen LogP contribution is 1.90. The number of hydrogen-bond acceptors (Lipinski definition) is 3. The van der Waals surface area contributed by atoms with E-state index in [4.69, 9.17) is 5.26 Å². The maximum atomic E-state index is 11.4. The summed E-state index contributed by atoms with van der Waals surface area (Å²) in [5, 5.41) is 10.6. The minimum atomic E-state index is -0.345. The van der Waals surface area contributed by atoms with Crippen molar-refractivity contribution >= 4 is 5.91 Å². The number of carbonyl (C=O) groups excluding carboxylic acids is 1. The van der Waals surface area contributed by atoms with E-state index in [1.807, 2.05) is 6.92 Å². The minimum Gasteiger partial charge on any atom is -0.341 e. The van der Waals surface area contributed by atoms with Gasteiger partial charge in [-0.15, -0.1) is 0 Å². The lowest BCUT2D eigenvalue weighted by molar-refractivity contribution is -0.121. The first kappa shape index (κ1) is 11.0. The summed E-state index contributed by atoms with van der Waals surface area (Å²) in [5.74, 6) is -0.345. The van der Waals surface area contributed by atoms with Crippen LogP contribution in [0.25, 0.3) is 0 Å². The van der Waals surface area contributed by atoms with E-state index in [1.54, 1.807) is 18.3 Å². The van der Waals surface area contributed by atoms with Crippen molar-refractivity contribution in [2.45, 2.75) is 13.5 Å². The Hall–Kier alpha value is -2.09. The number of hydrogen-bond donors (Lipinski definition) is 1. The average Bonchev–Trinajstić information content (AvgIpc) is 2.19. The molecule has 0 radical (unpaired) electrons. The zero-order valence-corrected chi connectivity index (χ0v) is 8.36. The van der Waals surface area contributed by atoms with Gasteiger partial charge < -0.3 is 9.88 Å². The first-order chi connectivity index (χ1) is 7.13. The second-order valence-corrected chi connectivity index (χ2v) is 3.11. The van der Waals surface area contributed by atoms with E-state index in [1.165, 1.54) is 10.6 Å². The van der Waals surface area contributed by atoms with Gasteiger partial charge in [0.05, 0.1) is 6.07 Å². The standard InChI is InChI=1S/C10H11N3O2/c1-8-2-5-13(10(15)6-8)7-9(14)12-4-3-11/h2,5-6H,4,7H2,1H3,(H,12,14). The molecule has 1 heterocycles. The molecule has 0 spiro atoms. The summed E-state index contributed by atoms with van der Waals surface area (Å²) in [6.07, 6.45) is 1.56. The van der Waals surface area contributed by atoms with Gasteiger partial charge in [0, 0.05) is 12.3 Å². The molecule has 1 aromatic heterocycles. The molecule has 1 N–H and O–H groups in total. The van der Waals surface area contributed by atoms with Crippen LogP contribution in [0.15, 0.2) is 23.1 Å². The molecule has 15 heavy (non-hydrogen) atoms. The van der Waals surface area contributed by atoms with Gasteiger partial charge in [0.1, 0.15) is 13.1 Å². The van der Waals surface area contributed by atoms with Crippen LogP contribution in [0.5, 0.6) is 0 Å². The van der Waals surface area contributed by atoms with Gasteiger partial charge in [-0.1, -0.05) is 0 Å². The maximum absolute atomic E-state index is 11.4. The zero-order chi connectivity index (χ0) is 11.3. The molecule has 0 aliphatic rings. The van der Waals surface area contributed by atoms with E-state index < -0.39 is 0 Å². The number of amides is 1. The third kappa shape index (κ3) is 3.27. The van der Waals surface area contributed by atoms with Gasteiger partial charge in [-0.2, -0.15) is 5.26 Å². The van der Waals surface area contributed by atoms with Crippen molar-refractivity contribution in [3.8, 4) is 6.07 Å². The first-order valence-electron chi connectivity index (χ1n) is 4.44. The smallest absolute Gasteiger partial charge is 0.251 e. The number of carbonyl (C=O) groups is 1. The van der Waals surface area contributed by atoms with Gasteiger partial charge in [-0.05, 0) is 18.6 Å². The highest BCUT2D eigenvalue weighted by Gasteiger charge is 2.02. The van der Waals surface area contributed by atoms with Crippen LogP contribution < -0.4 is 10.9 Å². The fraction of sp³-hybridized carbons (Fsp3) is 0.300. The lowest BCUT2D eigenvalue weighted by Crippen LogP contribution is -2.32. The third-order valence-electron chi connectivity index (χ3n) is 1.83. The Kier molecular flexibility index (Phi) is 3.63. The predicted octanol–water partition coefficient (Wildman–Crippen LogP) is -0.204. The Balaban J connectivity index is 2.70. The average molecular weight is 205 g/mol. The number of nitrogens with zero attached hydrogens (tertiary/aromatic N) is 2. The van der Waals surface area contributed by atoms with Crippen molar-refractivity contribution < 1.29 is 4.79 Å². The minimum absolute atomic E-state index is 0.0422. The molecule has 5 heteroatoms. The summed E-state index contributed by atoms with van der Waals surface area (Å²) >= 11 is 0. The van der Waals surface area contributed by atoms with E-state index in [0.29, 0.717) is 0 Å². The lowest BCUT2D eigenvalue weighted by atomic mass is 10.3. The largest absolute Gasteiger partial charge is 0.341 e. The molecule has 0 aromatic carbocycles. The molecule has 0 fully saturated rings. The predicted molar refractivity (Wildman–Crippen MR) is 54.1 cm³/mol.